The van der Waals surface area contributed by atoms with Crippen molar-refractivity contribution in [2.75, 3.05) is 0 Å². The van der Waals surface area contributed by atoms with Crippen molar-refractivity contribution in [3.8, 4) is 22.3 Å². The minimum absolute atomic E-state index is 0.0408. The molecule has 5 rings (SSSR count). The predicted octanol–water partition coefficient (Wildman–Crippen LogP) is 5.71. The van der Waals surface area contributed by atoms with Crippen molar-refractivity contribution < 1.29 is 9.90 Å². The molecule has 2 heteroatoms. The van der Waals surface area contributed by atoms with Crippen molar-refractivity contribution in [3.63, 3.8) is 0 Å². The van der Waals surface area contributed by atoms with Gasteiger partial charge in [0.25, 0.3) is 0 Å². The first kappa shape index (κ1) is 15.8. The molecule has 4 aromatic carbocycles. The van der Waals surface area contributed by atoms with E-state index in [-0.39, 0.29) is 6.42 Å². The van der Waals surface area contributed by atoms with E-state index in [1.54, 1.807) is 0 Å². The molecule has 0 bridgehead atoms. The second-order valence-electron chi connectivity index (χ2n) is 7.05. The topological polar surface area (TPSA) is 37.3 Å². The second kappa shape index (κ2) is 6.10. The van der Waals surface area contributed by atoms with Gasteiger partial charge in [0.2, 0.25) is 0 Å². The SMILES string of the molecule is O=C(O)Cc1cccc2c(-c3cccc4c3Cc3ccccc3-4)cccc12. The van der Waals surface area contributed by atoms with E-state index < -0.39 is 5.97 Å². The highest BCUT2D eigenvalue weighted by molar-refractivity contribution is 6.01. The summed E-state index contributed by atoms with van der Waals surface area (Å²) in [5, 5.41) is 11.4. The molecular formula is C25H18O2. The van der Waals surface area contributed by atoms with Crippen molar-refractivity contribution in [3.05, 3.63) is 95.6 Å². The summed E-state index contributed by atoms with van der Waals surface area (Å²) in [7, 11) is 0. The van der Waals surface area contributed by atoms with E-state index in [1.807, 2.05) is 24.3 Å². The first-order valence-electron chi connectivity index (χ1n) is 9.15. The smallest absolute Gasteiger partial charge is 0.307 e. The number of rotatable bonds is 3. The van der Waals surface area contributed by atoms with Crippen LogP contribution in [0, 0.1) is 0 Å². The van der Waals surface area contributed by atoms with E-state index in [1.165, 1.54) is 33.4 Å². The van der Waals surface area contributed by atoms with E-state index in [2.05, 4.69) is 54.6 Å². The molecule has 1 aliphatic rings. The lowest BCUT2D eigenvalue weighted by molar-refractivity contribution is -0.136. The third-order valence-corrected chi connectivity index (χ3v) is 5.50. The van der Waals surface area contributed by atoms with Crippen molar-refractivity contribution in [1.29, 1.82) is 0 Å². The second-order valence-corrected chi connectivity index (χ2v) is 7.05. The van der Waals surface area contributed by atoms with Crippen molar-refractivity contribution in [2.24, 2.45) is 0 Å². The highest BCUT2D eigenvalue weighted by Crippen LogP contribution is 2.43. The molecule has 0 spiro atoms. The maximum Gasteiger partial charge on any atom is 0.307 e. The zero-order valence-electron chi connectivity index (χ0n) is 14.8. The first-order chi connectivity index (χ1) is 13.2. The molecule has 130 valence electrons. The van der Waals surface area contributed by atoms with Crippen molar-refractivity contribution in [2.45, 2.75) is 12.8 Å². The van der Waals surface area contributed by atoms with Gasteiger partial charge in [0.05, 0.1) is 6.42 Å². The van der Waals surface area contributed by atoms with Gasteiger partial charge in [-0.3, -0.25) is 4.79 Å². The van der Waals surface area contributed by atoms with E-state index in [4.69, 9.17) is 0 Å². The fraction of sp³-hybridized carbons (Fsp3) is 0.0800. The van der Waals surface area contributed by atoms with Crippen LogP contribution in [-0.2, 0) is 17.6 Å². The molecule has 0 fully saturated rings. The molecule has 4 aromatic rings. The third-order valence-electron chi connectivity index (χ3n) is 5.50. The van der Waals surface area contributed by atoms with Crippen LogP contribution in [-0.4, -0.2) is 11.1 Å². The third kappa shape index (κ3) is 2.53. The Morgan fingerprint density at radius 3 is 2.19 bits per heavy atom. The molecule has 1 aliphatic carbocycles. The Labute approximate surface area is 157 Å². The van der Waals surface area contributed by atoms with Gasteiger partial charge in [-0.05, 0) is 56.1 Å². The number of carbonyl (C=O) groups is 1. The summed E-state index contributed by atoms with van der Waals surface area (Å²) in [5.74, 6) is -0.802. The van der Waals surface area contributed by atoms with Gasteiger partial charge in [-0.2, -0.15) is 0 Å². The summed E-state index contributed by atoms with van der Waals surface area (Å²) < 4.78 is 0. The minimum Gasteiger partial charge on any atom is -0.481 e. The highest BCUT2D eigenvalue weighted by Gasteiger charge is 2.21. The molecular weight excluding hydrogens is 332 g/mol. The van der Waals surface area contributed by atoms with Gasteiger partial charge in [0.1, 0.15) is 0 Å². The Balaban J connectivity index is 1.74. The zero-order valence-corrected chi connectivity index (χ0v) is 14.8. The van der Waals surface area contributed by atoms with E-state index in [0.717, 1.165) is 22.8 Å². The Morgan fingerprint density at radius 2 is 1.33 bits per heavy atom. The monoisotopic (exact) mass is 350 g/mol. The van der Waals surface area contributed by atoms with Gasteiger partial charge in [-0.1, -0.05) is 78.9 Å². The van der Waals surface area contributed by atoms with Crippen LogP contribution in [0.1, 0.15) is 16.7 Å². The maximum absolute atomic E-state index is 11.2. The summed E-state index contributed by atoms with van der Waals surface area (Å²) in [6.07, 6.45) is 0.978. The lowest BCUT2D eigenvalue weighted by atomic mass is 9.90. The van der Waals surface area contributed by atoms with Crippen LogP contribution in [0.15, 0.2) is 78.9 Å². The van der Waals surface area contributed by atoms with Crippen LogP contribution in [0.25, 0.3) is 33.0 Å². The summed E-state index contributed by atoms with van der Waals surface area (Å²) in [6.45, 7) is 0. The highest BCUT2D eigenvalue weighted by atomic mass is 16.4. The molecule has 0 radical (unpaired) electrons. The molecule has 0 amide bonds. The molecule has 27 heavy (non-hydrogen) atoms. The average molecular weight is 350 g/mol. The van der Waals surface area contributed by atoms with Gasteiger partial charge in [0, 0.05) is 0 Å². The number of hydrogen-bond acceptors (Lipinski definition) is 1. The Hall–Kier alpha value is -3.39. The van der Waals surface area contributed by atoms with Crippen LogP contribution in [0.3, 0.4) is 0 Å². The van der Waals surface area contributed by atoms with Crippen LogP contribution >= 0.6 is 0 Å². The van der Waals surface area contributed by atoms with Gasteiger partial charge in [0.15, 0.2) is 0 Å². The summed E-state index contributed by atoms with van der Waals surface area (Å²) >= 11 is 0. The summed E-state index contributed by atoms with van der Waals surface area (Å²) in [6, 6.07) is 27.3. The van der Waals surface area contributed by atoms with Crippen LogP contribution in [0.5, 0.6) is 0 Å². The Bertz CT molecular complexity index is 1200. The van der Waals surface area contributed by atoms with Crippen LogP contribution in [0.2, 0.25) is 0 Å². The fourth-order valence-corrected chi connectivity index (χ4v) is 4.34. The molecule has 0 aromatic heterocycles. The van der Waals surface area contributed by atoms with Gasteiger partial charge >= 0.3 is 5.97 Å². The molecule has 0 unspecified atom stereocenters. The molecule has 0 heterocycles. The maximum atomic E-state index is 11.2. The van der Waals surface area contributed by atoms with Gasteiger partial charge in [-0.25, -0.2) is 0 Å². The fourth-order valence-electron chi connectivity index (χ4n) is 4.34. The molecule has 2 nitrogen and oxygen atoms in total. The zero-order chi connectivity index (χ0) is 18.4. The standard InChI is InChI=1S/C25H18O2/c26-25(27)15-17-7-3-10-20-19(17)9-4-12-22(20)23-13-5-11-21-18-8-2-1-6-16(18)14-24(21)23/h1-13H,14-15H2,(H,26,27). The largest absolute Gasteiger partial charge is 0.481 e. The summed E-state index contributed by atoms with van der Waals surface area (Å²) in [4.78, 5) is 11.2. The van der Waals surface area contributed by atoms with Crippen LogP contribution in [0.4, 0.5) is 0 Å². The quantitative estimate of drug-likeness (QED) is 0.453. The molecule has 0 atom stereocenters. The number of fused-ring (bicyclic) bond motifs is 4. The number of hydrogen-bond donors (Lipinski definition) is 1. The number of benzene rings is 4. The molecule has 0 aliphatic heterocycles. The number of carboxylic acid groups (broad SMARTS) is 1. The Morgan fingerprint density at radius 1 is 0.704 bits per heavy atom. The normalized spacial score (nSPS) is 12.0. The average Bonchev–Trinajstić information content (AvgIpc) is 3.06. The first-order valence-corrected chi connectivity index (χ1v) is 9.15. The Kier molecular flexibility index (Phi) is 3.58. The summed E-state index contributed by atoms with van der Waals surface area (Å²) in [5.41, 5.74) is 8.62. The minimum atomic E-state index is -0.802. The molecule has 1 N–H and O–H groups in total. The number of carboxylic acids is 1. The lowest BCUT2D eigenvalue weighted by Crippen LogP contribution is -2.00. The van der Waals surface area contributed by atoms with Crippen molar-refractivity contribution in [1.82, 2.24) is 0 Å². The van der Waals surface area contributed by atoms with E-state index >= 15 is 0 Å². The number of aliphatic carboxylic acids is 1. The van der Waals surface area contributed by atoms with E-state index in [9.17, 15) is 9.90 Å². The molecule has 0 saturated carbocycles. The molecule has 0 saturated heterocycles. The predicted molar refractivity (Wildman–Crippen MR) is 109 cm³/mol. The van der Waals surface area contributed by atoms with Gasteiger partial charge in [-0.15, -0.1) is 0 Å². The van der Waals surface area contributed by atoms with Gasteiger partial charge < -0.3 is 5.11 Å². The van der Waals surface area contributed by atoms with Crippen molar-refractivity contribution >= 4 is 16.7 Å². The van der Waals surface area contributed by atoms with Crippen LogP contribution < -0.4 is 0 Å². The lowest BCUT2D eigenvalue weighted by Gasteiger charge is -2.13. The van der Waals surface area contributed by atoms with E-state index in [0.29, 0.717) is 0 Å².